The maximum Gasteiger partial charge on any atom is 0.205 e. The van der Waals surface area contributed by atoms with E-state index in [1.807, 2.05) is 42.5 Å². The molecule has 1 atom stereocenters. The van der Waals surface area contributed by atoms with Gasteiger partial charge in [0.15, 0.2) is 6.29 Å². The fourth-order valence-electron chi connectivity index (χ4n) is 4.11. The molecule has 7 nitrogen and oxygen atoms in total. The fourth-order valence-corrected chi connectivity index (χ4v) is 4.67. The fraction of sp³-hybridized carbons (Fsp3) is 0.346. The molecule has 1 fully saturated rings. The van der Waals surface area contributed by atoms with E-state index in [1.54, 1.807) is 20.3 Å². The molecule has 2 heterocycles. The lowest BCUT2D eigenvalue weighted by Crippen LogP contribution is -2.35. The van der Waals surface area contributed by atoms with Crippen molar-refractivity contribution < 1.29 is 28.2 Å². The van der Waals surface area contributed by atoms with Crippen LogP contribution in [0.2, 0.25) is 0 Å². The van der Waals surface area contributed by atoms with Crippen molar-refractivity contribution in [3.05, 3.63) is 69.9 Å². The Balaban J connectivity index is 1.63. The zero-order valence-electron chi connectivity index (χ0n) is 19.5. The molecule has 1 aliphatic rings. The summed E-state index contributed by atoms with van der Waals surface area (Å²) in [6.45, 7) is 4.18. The maximum atomic E-state index is 12.4. The van der Waals surface area contributed by atoms with E-state index in [4.69, 9.17) is 23.4 Å². The molecule has 1 aromatic heterocycles. The van der Waals surface area contributed by atoms with Gasteiger partial charge in [-0.25, -0.2) is 0 Å². The van der Waals surface area contributed by atoms with Crippen molar-refractivity contribution in [2.45, 2.75) is 12.1 Å². The summed E-state index contributed by atoms with van der Waals surface area (Å²) in [5.41, 5.74) is 1.25. The van der Waals surface area contributed by atoms with Crippen molar-refractivity contribution in [2.75, 3.05) is 47.6 Å². The summed E-state index contributed by atoms with van der Waals surface area (Å²) in [5, 5.41) is 0. The van der Waals surface area contributed by atoms with Gasteiger partial charge < -0.3 is 23.4 Å². The highest BCUT2D eigenvalue weighted by Crippen LogP contribution is 2.41. The number of hydrogen-bond donors (Lipinski definition) is 0. The minimum atomic E-state index is -1.36. The molecule has 180 valence electrons. The summed E-state index contributed by atoms with van der Waals surface area (Å²) >= 11 is 3.48. The molecule has 0 bridgehead atoms. The largest absolute Gasteiger partial charge is 0.495 e. The second-order valence-electron chi connectivity index (χ2n) is 8.00. The molecule has 3 aromatic rings. The van der Waals surface area contributed by atoms with Gasteiger partial charge >= 0.3 is 0 Å². The van der Waals surface area contributed by atoms with E-state index >= 15 is 0 Å². The standard InChI is InChI=1S/C26H28BrNO6/c1-30-22-14-19(15-23(31-2)25(22)27)21-8-9-24(34-21)26(17-29,32-3)20-6-4-18(5-7-20)16-28-10-12-33-13-11-28/h4-9,14-15,17H,10-13,16H2,1-3H3. The molecular weight excluding hydrogens is 502 g/mol. The summed E-state index contributed by atoms with van der Waals surface area (Å²) in [4.78, 5) is 14.7. The number of hydrogen-bond acceptors (Lipinski definition) is 7. The molecule has 0 N–H and O–H groups in total. The van der Waals surface area contributed by atoms with E-state index in [1.165, 1.54) is 7.11 Å². The number of morpholine rings is 1. The lowest BCUT2D eigenvalue weighted by molar-refractivity contribution is -0.125. The molecule has 0 spiro atoms. The van der Waals surface area contributed by atoms with E-state index < -0.39 is 5.60 Å². The Morgan fingerprint density at radius 1 is 1.00 bits per heavy atom. The third kappa shape index (κ3) is 4.77. The number of carbonyl (C=O) groups is 1. The van der Waals surface area contributed by atoms with Gasteiger partial charge in [0.25, 0.3) is 0 Å². The van der Waals surface area contributed by atoms with Crippen LogP contribution in [0.1, 0.15) is 16.9 Å². The predicted molar refractivity (Wildman–Crippen MR) is 131 cm³/mol. The van der Waals surface area contributed by atoms with Gasteiger partial charge in [0.2, 0.25) is 5.60 Å². The van der Waals surface area contributed by atoms with Crippen molar-refractivity contribution in [3.63, 3.8) is 0 Å². The van der Waals surface area contributed by atoms with Crippen molar-refractivity contribution in [1.82, 2.24) is 4.90 Å². The second-order valence-corrected chi connectivity index (χ2v) is 8.79. The first-order chi connectivity index (χ1) is 16.5. The van der Waals surface area contributed by atoms with Crippen molar-refractivity contribution >= 4 is 22.2 Å². The van der Waals surface area contributed by atoms with Gasteiger partial charge in [-0.2, -0.15) is 0 Å². The maximum absolute atomic E-state index is 12.4. The minimum absolute atomic E-state index is 0.391. The van der Waals surface area contributed by atoms with E-state index in [9.17, 15) is 4.79 Å². The Kier molecular flexibility index (Phi) is 7.73. The Morgan fingerprint density at radius 3 is 2.21 bits per heavy atom. The quantitative estimate of drug-likeness (QED) is 0.373. The highest BCUT2D eigenvalue weighted by atomic mass is 79.9. The van der Waals surface area contributed by atoms with Crippen LogP contribution in [0.4, 0.5) is 0 Å². The van der Waals surface area contributed by atoms with E-state index in [0.29, 0.717) is 33.1 Å². The molecule has 34 heavy (non-hydrogen) atoms. The Labute approximate surface area is 207 Å². The summed E-state index contributed by atoms with van der Waals surface area (Å²) in [5.74, 6) is 2.17. The monoisotopic (exact) mass is 529 g/mol. The topological polar surface area (TPSA) is 70.4 Å². The van der Waals surface area contributed by atoms with Crippen molar-refractivity contribution in [1.29, 1.82) is 0 Å². The summed E-state index contributed by atoms with van der Waals surface area (Å²) in [6.07, 6.45) is 0.773. The zero-order valence-corrected chi connectivity index (χ0v) is 21.1. The number of aldehydes is 1. The van der Waals surface area contributed by atoms with E-state index in [0.717, 1.165) is 50.3 Å². The average Bonchev–Trinajstić information content (AvgIpc) is 3.37. The number of furan rings is 1. The highest BCUT2D eigenvalue weighted by Gasteiger charge is 2.38. The summed E-state index contributed by atoms with van der Waals surface area (Å²) in [6, 6.07) is 15.1. The van der Waals surface area contributed by atoms with Crippen LogP contribution >= 0.6 is 15.9 Å². The van der Waals surface area contributed by atoms with Crippen molar-refractivity contribution in [3.8, 4) is 22.8 Å². The Bertz CT molecular complexity index is 1100. The van der Waals surface area contributed by atoms with Gasteiger partial charge in [-0.1, -0.05) is 24.3 Å². The first-order valence-corrected chi connectivity index (χ1v) is 11.8. The van der Waals surface area contributed by atoms with Crippen LogP contribution in [0.25, 0.3) is 11.3 Å². The highest BCUT2D eigenvalue weighted by molar-refractivity contribution is 9.10. The molecule has 0 amide bonds. The Hall–Kier alpha value is -2.65. The third-order valence-electron chi connectivity index (χ3n) is 6.08. The smallest absolute Gasteiger partial charge is 0.205 e. The molecule has 0 saturated carbocycles. The molecule has 1 saturated heterocycles. The first kappa shape index (κ1) is 24.5. The van der Waals surface area contributed by atoms with Gasteiger partial charge in [-0.3, -0.25) is 9.69 Å². The zero-order chi connectivity index (χ0) is 24.1. The third-order valence-corrected chi connectivity index (χ3v) is 6.86. The number of ether oxygens (including phenoxy) is 4. The van der Waals surface area contributed by atoms with Gasteiger partial charge in [0.05, 0.1) is 27.4 Å². The van der Waals surface area contributed by atoms with Gasteiger partial charge in [-0.15, -0.1) is 0 Å². The lowest BCUT2D eigenvalue weighted by Gasteiger charge is -2.27. The second kappa shape index (κ2) is 10.7. The van der Waals surface area contributed by atoms with E-state index in [2.05, 4.69) is 20.8 Å². The average molecular weight is 530 g/mol. The summed E-state index contributed by atoms with van der Waals surface area (Å²) < 4.78 is 28.9. The van der Waals surface area contributed by atoms with Gasteiger partial charge in [0.1, 0.15) is 27.5 Å². The number of nitrogens with zero attached hydrogens (tertiary/aromatic N) is 1. The van der Waals surface area contributed by atoms with Crippen LogP contribution in [-0.2, 0) is 26.4 Å². The Morgan fingerprint density at radius 2 is 1.65 bits per heavy atom. The van der Waals surface area contributed by atoms with Crippen LogP contribution in [0.15, 0.2) is 57.4 Å². The summed E-state index contributed by atoms with van der Waals surface area (Å²) in [7, 11) is 4.67. The molecule has 1 unspecified atom stereocenters. The lowest BCUT2D eigenvalue weighted by atomic mass is 9.91. The number of carbonyl (C=O) groups excluding carboxylic acids is 1. The molecule has 8 heteroatoms. The molecule has 1 aliphatic heterocycles. The molecule has 0 radical (unpaired) electrons. The number of halogens is 1. The molecule has 0 aliphatic carbocycles. The number of methoxy groups -OCH3 is 3. The minimum Gasteiger partial charge on any atom is -0.495 e. The first-order valence-electron chi connectivity index (χ1n) is 11.0. The molecular formula is C26H28BrNO6. The van der Waals surface area contributed by atoms with Crippen LogP contribution in [0, 0.1) is 0 Å². The molecule has 4 rings (SSSR count). The number of rotatable bonds is 9. The van der Waals surface area contributed by atoms with Crippen LogP contribution in [0.5, 0.6) is 11.5 Å². The van der Waals surface area contributed by atoms with Crippen molar-refractivity contribution in [2.24, 2.45) is 0 Å². The molecule has 2 aromatic carbocycles. The number of benzene rings is 2. The normalized spacial score (nSPS) is 16.1. The van der Waals surface area contributed by atoms with Gasteiger partial charge in [-0.05, 0) is 51.3 Å². The predicted octanol–water partition coefficient (Wildman–Crippen LogP) is 4.65. The SMILES string of the molecule is COc1cc(-c2ccc(C(C=O)(OC)c3ccc(CN4CCOCC4)cc3)o2)cc(OC)c1Br. The van der Waals surface area contributed by atoms with E-state index in [-0.39, 0.29) is 0 Å². The van der Waals surface area contributed by atoms with Crippen LogP contribution < -0.4 is 9.47 Å². The van der Waals surface area contributed by atoms with Crippen LogP contribution in [0.3, 0.4) is 0 Å². The van der Waals surface area contributed by atoms with Gasteiger partial charge in [0, 0.05) is 32.3 Å². The van der Waals surface area contributed by atoms with Crippen LogP contribution in [-0.4, -0.2) is 58.8 Å².